The van der Waals surface area contributed by atoms with Gasteiger partial charge in [-0.3, -0.25) is 0 Å². The van der Waals surface area contributed by atoms with Crippen LogP contribution in [0.1, 0.15) is 24.8 Å². The minimum Gasteiger partial charge on any atom is -0.391 e. The van der Waals surface area contributed by atoms with Crippen molar-refractivity contribution in [2.45, 2.75) is 38.3 Å². The van der Waals surface area contributed by atoms with Crippen molar-refractivity contribution in [3.63, 3.8) is 0 Å². The lowest BCUT2D eigenvalue weighted by Gasteiger charge is -2.16. The van der Waals surface area contributed by atoms with Crippen molar-refractivity contribution in [2.75, 3.05) is 18.0 Å². The quantitative estimate of drug-likeness (QED) is 0.748. The molecule has 0 radical (unpaired) electrons. The lowest BCUT2D eigenvalue weighted by molar-refractivity contribution is 0.146. The summed E-state index contributed by atoms with van der Waals surface area (Å²) in [7, 11) is 0. The normalized spacial score (nSPS) is 15.8. The number of aromatic nitrogens is 4. The van der Waals surface area contributed by atoms with Crippen LogP contribution in [0, 0.1) is 0 Å². The van der Waals surface area contributed by atoms with E-state index >= 15 is 0 Å². The standard InChI is InChI=1S/C19H23N5O/c25-16(9-8-15-6-2-1-3-7-15)12-24-14-22-17-18(20-13-21-19(17)24)23-10-4-5-11-23/h1-3,6-7,13-14,16,25H,4-5,8-12H2/t16-/m0/s1. The molecule has 3 heterocycles. The summed E-state index contributed by atoms with van der Waals surface area (Å²) in [5, 5.41) is 10.4. The Morgan fingerprint density at radius 2 is 1.84 bits per heavy atom. The molecule has 0 aliphatic carbocycles. The van der Waals surface area contributed by atoms with Crippen LogP contribution < -0.4 is 4.90 Å². The molecule has 0 saturated carbocycles. The molecule has 0 unspecified atom stereocenters. The number of aliphatic hydroxyl groups excluding tert-OH is 1. The molecule has 0 amide bonds. The van der Waals surface area contributed by atoms with Crippen molar-refractivity contribution >= 4 is 17.0 Å². The van der Waals surface area contributed by atoms with Crippen LogP contribution in [0.4, 0.5) is 5.82 Å². The fraction of sp³-hybridized carbons (Fsp3) is 0.421. The number of anilines is 1. The molecule has 4 rings (SSSR count). The molecule has 1 aromatic carbocycles. The number of fused-ring (bicyclic) bond motifs is 1. The first kappa shape index (κ1) is 16.0. The van der Waals surface area contributed by atoms with Crippen molar-refractivity contribution in [1.82, 2.24) is 19.5 Å². The van der Waals surface area contributed by atoms with Crippen molar-refractivity contribution in [3.05, 3.63) is 48.5 Å². The first-order valence-corrected chi connectivity index (χ1v) is 8.94. The monoisotopic (exact) mass is 337 g/mol. The van der Waals surface area contributed by atoms with Gasteiger partial charge >= 0.3 is 0 Å². The fourth-order valence-corrected chi connectivity index (χ4v) is 3.46. The zero-order chi connectivity index (χ0) is 17.1. The summed E-state index contributed by atoms with van der Waals surface area (Å²) in [5.41, 5.74) is 2.88. The van der Waals surface area contributed by atoms with Gasteiger partial charge in [0.2, 0.25) is 0 Å². The Kier molecular flexibility index (Phi) is 4.61. The highest BCUT2D eigenvalue weighted by atomic mass is 16.3. The molecule has 2 aromatic heterocycles. The van der Waals surface area contributed by atoms with Crippen molar-refractivity contribution in [2.24, 2.45) is 0 Å². The van der Waals surface area contributed by atoms with E-state index in [1.54, 1.807) is 12.7 Å². The van der Waals surface area contributed by atoms with Crippen LogP contribution in [-0.4, -0.2) is 43.8 Å². The summed E-state index contributed by atoms with van der Waals surface area (Å²) in [6.07, 6.45) is 6.92. The van der Waals surface area contributed by atoms with Gasteiger partial charge in [-0.1, -0.05) is 30.3 Å². The predicted molar refractivity (Wildman–Crippen MR) is 97.5 cm³/mol. The highest BCUT2D eigenvalue weighted by Crippen LogP contribution is 2.25. The van der Waals surface area contributed by atoms with E-state index < -0.39 is 6.10 Å². The Bertz CT molecular complexity index is 826. The third kappa shape index (κ3) is 3.49. The minimum atomic E-state index is -0.428. The molecule has 3 aromatic rings. The van der Waals surface area contributed by atoms with Gasteiger partial charge in [0, 0.05) is 13.1 Å². The van der Waals surface area contributed by atoms with E-state index in [9.17, 15) is 5.11 Å². The van der Waals surface area contributed by atoms with Gasteiger partial charge in [-0.15, -0.1) is 0 Å². The molecule has 1 fully saturated rings. The van der Waals surface area contributed by atoms with Gasteiger partial charge in [0.1, 0.15) is 6.33 Å². The minimum absolute atomic E-state index is 0.428. The molecule has 25 heavy (non-hydrogen) atoms. The van der Waals surface area contributed by atoms with Crippen LogP contribution in [0.25, 0.3) is 11.2 Å². The maximum Gasteiger partial charge on any atom is 0.165 e. The van der Waals surface area contributed by atoms with Gasteiger partial charge in [0.25, 0.3) is 0 Å². The second-order valence-corrected chi connectivity index (χ2v) is 6.64. The maximum atomic E-state index is 10.4. The molecule has 1 saturated heterocycles. The number of benzene rings is 1. The van der Waals surface area contributed by atoms with E-state index in [2.05, 4.69) is 32.0 Å². The topological polar surface area (TPSA) is 67.1 Å². The van der Waals surface area contributed by atoms with E-state index in [4.69, 9.17) is 0 Å². The number of rotatable bonds is 6. The maximum absolute atomic E-state index is 10.4. The molecule has 1 N–H and O–H groups in total. The lowest BCUT2D eigenvalue weighted by Crippen LogP contribution is -2.20. The smallest absolute Gasteiger partial charge is 0.165 e. The molecular weight excluding hydrogens is 314 g/mol. The van der Waals surface area contributed by atoms with Crippen LogP contribution in [0.3, 0.4) is 0 Å². The van der Waals surface area contributed by atoms with E-state index in [1.807, 2.05) is 22.8 Å². The second-order valence-electron chi connectivity index (χ2n) is 6.64. The molecule has 1 aliphatic heterocycles. The Labute approximate surface area is 147 Å². The zero-order valence-corrected chi connectivity index (χ0v) is 14.3. The first-order chi connectivity index (χ1) is 12.3. The van der Waals surface area contributed by atoms with Gasteiger partial charge in [0.05, 0.1) is 19.0 Å². The van der Waals surface area contributed by atoms with Crippen LogP contribution in [-0.2, 0) is 13.0 Å². The molecule has 6 heteroatoms. The summed E-state index contributed by atoms with van der Waals surface area (Å²) in [6.45, 7) is 2.55. The number of aliphatic hydroxyl groups is 1. The Hall–Kier alpha value is -2.47. The molecule has 130 valence electrons. The Morgan fingerprint density at radius 1 is 1.04 bits per heavy atom. The number of hydrogen-bond donors (Lipinski definition) is 1. The first-order valence-electron chi connectivity index (χ1n) is 8.94. The molecule has 0 bridgehead atoms. The highest BCUT2D eigenvalue weighted by Gasteiger charge is 2.19. The predicted octanol–water partition coefficient (Wildman–Crippen LogP) is 2.42. The van der Waals surface area contributed by atoms with Gasteiger partial charge in [-0.25, -0.2) is 15.0 Å². The van der Waals surface area contributed by atoms with Gasteiger partial charge in [0.15, 0.2) is 17.0 Å². The van der Waals surface area contributed by atoms with E-state index in [0.29, 0.717) is 13.0 Å². The summed E-state index contributed by atoms with van der Waals surface area (Å²) in [4.78, 5) is 15.6. The van der Waals surface area contributed by atoms with Crippen molar-refractivity contribution in [1.29, 1.82) is 0 Å². The van der Waals surface area contributed by atoms with Crippen molar-refractivity contribution < 1.29 is 5.11 Å². The van der Waals surface area contributed by atoms with Gasteiger partial charge in [-0.05, 0) is 31.2 Å². The Balaban J connectivity index is 1.47. The highest BCUT2D eigenvalue weighted by molar-refractivity contribution is 5.83. The van der Waals surface area contributed by atoms with E-state index in [-0.39, 0.29) is 0 Å². The average molecular weight is 337 g/mol. The summed E-state index contributed by atoms with van der Waals surface area (Å²) in [5.74, 6) is 0.917. The number of imidazole rings is 1. The number of hydrogen-bond acceptors (Lipinski definition) is 5. The van der Waals surface area contributed by atoms with Crippen LogP contribution in [0.5, 0.6) is 0 Å². The van der Waals surface area contributed by atoms with E-state index in [0.717, 1.165) is 36.5 Å². The molecule has 6 nitrogen and oxygen atoms in total. The van der Waals surface area contributed by atoms with Crippen LogP contribution >= 0.6 is 0 Å². The molecule has 1 atom stereocenters. The zero-order valence-electron chi connectivity index (χ0n) is 14.3. The molecular formula is C19H23N5O. The van der Waals surface area contributed by atoms with Crippen molar-refractivity contribution in [3.8, 4) is 0 Å². The largest absolute Gasteiger partial charge is 0.391 e. The van der Waals surface area contributed by atoms with Crippen LogP contribution in [0.2, 0.25) is 0 Å². The number of aryl methyl sites for hydroxylation is 1. The number of nitrogens with zero attached hydrogens (tertiary/aromatic N) is 5. The molecule has 0 spiro atoms. The fourth-order valence-electron chi connectivity index (χ4n) is 3.46. The third-order valence-electron chi connectivity index (χ3n) is 4.80. The lowest BCUT2D eigenvalue weighted by atomic mass is 10.1. The average Bonchev–Trinajstić information content (AvgIpc) is 3.31. The Morgan fingerprint density at radius 3 is 2.64 bits per heavy atom. The van der Waals surface area contributed by atoms with E-state index in [1.165, 1.54) is 18.4 Å². The summed E-state index contributed by atoms with van der Waals surface area (Å²) < 4.78 is 1.94. The second kappa shape index (κ2) is 7.19. The SMILES string of the molecule is O[C@@H](CCc1ccccc1)Cn1cnc2c(N3CCCC3)ncnc21. The van der Waals surface area contributed by atoms with Crippen LogP contribution in [0.15, 0.2) is 43.0 Å². The van der Waals surface area contributed by atoms with Gasteiger partial charge in [-0.2, -0.15) is 0 Å². The summed E-state index contributed by atoms with van der Waals surface area (Å²) in [6, 6.07) is 10.3. The van der Waals surface area contributed by atoms with Gasteiger partial charge < -0.3 is 14.6 Å². The molecule has 1 aliphatic rings. The summed E-state index contributed by atoms with van der Waals surface area (Å²) >= 11 is 0. The third-order valence-corrected chi connectivity index (χ3v) is 4.80.